The third-order valence-corrected chi connectivity index (χ3v) is 2.97. The molecule has 2 aliphatic heterocycles. The molecule has 2 bridgehead atoms. The van der Waals surface area contributed by atoms with E-state index in [1.54, 1.807) is 0 Å². The van der Waals surface area contributed by atoms with Gasteiger partial charge in [-0.2, -0.15) is 0 Å². The molecule has 2 atom stereocenters. The van der Waals surface area contributed by atoms with Gasteiger partial charge in [-0.05, 0) is 12.1 Å². The van der Waals surface area contributed by atoms with Gasteiger partial charge >= 0.3 is 0 Å². The lowest BCUT2D eigenvalue weighted by atomic mass is 10.0. The van der Waals surface area contributed by atoms with Gasteiger partial charge in [0.1, 0.15) is 11.9 Å². The molecular formula is C10H10ClNO. The number of hydrogen-bond donors (Lipinski definition) is 1. The minimum Gasteiger partial charge on any atom is -0.489 e. The van der Waals surface area contributed by atoms with E-state index in [0.29, 0.717) is 12.1 Å². The third-order valence-electron chi connectivity index (χ3n) is 2.74. The maximum absolute atomic E-state index is 5.89. The Kier molecular flexibility index (Phi) is 1.55. The van der Waals surface area contributed by atoms with Crippen molar-refractivity contribution in [1.82, 2.24) is 5.32 Å². The van der Waals surface area contributed by atoms with Crippen LogP contribution in [-0.4, -0.2) is 12.6 Å². The smallest absolute Gasteiger partial charge is 0.126 e. The van der Waals surface area contributed by atoms with Crippen molar-refractivity contribution in [3.05, 3.63) is 28.8 Å². The predicted molar refractivity (Wildman–Crippen MR) is 51.2 cm³/mol. The van der Waals surface area contributed by atoms with E-state index in [0.717, 1.165) is 23.7 Å². The van der Waals surface area contributed by atoms with Gasteiger partial charge in [-0.25, -0.2) is 0 Å². The molecule has 0 aromatic heterocycles. The lowest BCUT2D eigenvalue weighted by Crippen LogP contribution is -2.19. The molecule has 2 unspecified atom stereocenters. The van der Waals surface area contributed by atoms with Gasteiger partial charge in [0.25, 0.3) is 0 Å². The Hall–Kier alpha value is -0.730. The fourth-order valence-corrected chi connectivity index (χ4v) is 2.27. The molecule has 68 valence electrons. The van der Waals surface area contributed by atoms with Crippen LogP contribution in [0.3, 0.4) is 0 Å². The van der Waals surface area contributed by atoms with Gasteiger partial charge in [0.2, 0.25) is 0 Å². The molecule has 2 heterocycles. The number of hydrogen-bond acceptors (Lipinski definition) is 2. The maximum atomic E-state index is 5.89. The van der Waals surface area contributed by atoms with E-state index in [4.69, 9.17) is 16.3 Å². The van der Waals surface area contributed by atoms with Gasteiger partial charge in [0.15, 0.2) is 0 Å². The summed E-state index contributed by atoms with van der Waals surface area (Å²) in [5, 5.41) is 4.18. The number of benzene rings is 1. The summed E-state index contributed by atoms with van der Waals surface area (Å²) < 4.78 is 5.76. The van der Waals surface area contributed by atoms with Crippen LogP contribution in [0.25, 0.3) is 0 Å². The van der Waals surface area contributed by atoms with Gasteiger partial charge < -0.3 is 10.1 Å². The summed E-state index contributed by atoms with van der Waals surface area (Å²) in [4.78, 5) is 0. The van der Waals surface area contributed by atoms with Crippen molar-refractivity contribution in [3.8, 4) is 5.75 Å². The second-order valence-corrected chi connectivity index (χ2v) is 4.05. The maximum Gasteiger partial charge on any atom is 0.126 e. The summed E-state index contributed by atoms with van der Waals surface area (Å²) in [7, 11) is 0. The largest absolute Gasteiger partial charge is 0.489 e. The Labute approximate surface area is 81.8 Å². The average Bonchev–Trinajstić information content (AvgIpc) is 2.48. The molecule has 0 saturated carbocycles. The summed E-state index contributed by atoms with van der Waals surface area (Å²) in [6.07, 6.45) is 1.44. The van der Waals surface area contributed by atoms with Crippen LogP contribution in [-0.2, 0) is 0 Å². The molecular weight excluding hydrogens is 186 g/mol. The summed E-state index contributed by atoms with van der Waals surface area (Å²) in [6.45, 7) is 0.955. The molecule has 2 aliphatic rings. The first-order valence-corrected chi connectivity index (χ1v) is 4.90. The monoisotopic (exact) mass is 195 g/mol. The van der Waals surface area contributed by atoms with Crippen LogP contribution in [0.4, 0.5) is 0 Å². The molecule has 1 fully saturated rings. The molecule has 1 saturated heterocycles. The molecule has 0 amide bonds. The molecule has 13 heavy (non-hydrogen) atoms. The Bertz CT molecular complexity index is 353. The number of ether oxygens (including phenoxy) is 1. The quantitative estimate of drug-likeness (QED) is 0.685. The van der Waals surface area contributed by atoms with Crippen molar-refractivity contribution >= 4 is 11.6 Å². The fourth-order valence-electron chi connectivity index (χ4n) is 2.11. The average molecular weight is 196 g/mol. The topological polar surface area (TPSA) is 21.3 Å². The number of fused-ring (bicyclic) bond motifs is 4. The number of halogens is 1. The highest BCUT2D eigenvalue weighted by molar-refractivity contribution is 6.30. The Morgan fingerprint density at radius 3 is 3.31 bits per heavy atom. The van der Waals surface area contributed by atoms with Crippen LogP contribution >= 0.6 is 11.6 Å². The summed E-state index contributed by atoms with van der Waals surface area (Å²) in [6, 6.07) is 6.36. The van der Waals surface area contributed by atoms with Gasteiger partial charge in [0, 0.05) is 29.6 Å². The van der Waals surface area contributed by atoms with E-state index < -0.39 is 0 Å². The molecule has 0 aliphatic carbocycles. The molecule has 2 nitrogen and oxygen atoms in total. The fraction of sp³-hybridized carbons (Fsp3) is 0.400. The summed E-state index contributed by atoms with van der Waals surface area (Å²) in [5.41, 5.74) is 1.25. The number of rotatable bonds is 0. The molecule has 1 aromatic carbocycles. The lowest BCUT2D eigenvalue weighted by molar-refractivity contribution is 0.204. The molecule has 1 N–H and O–H groups in total. The normalized spacial score (nSPS) is 29.6. The van der Waals surface area contributed by atoms with Crippen molar-refractivity contribution in [2.24, 2.45) is 0 Å². The van der Waals surface area contributed by atoms with Gasteiger partial charge in [0.05, 0.1) is 0 Å². The molecule has 0 radical (unpaired) electrons. The van der Waals surface area contributed by atoms with Crippen LogP contribution in [0.15, 0.2) is 18.2 Å². The molecule has 1 aromatic rings. The lowest BCUT2D eigenvalue weighted by Gasteiger charge is -2.23. The molecule has 3 heteroatoms. The highest BCUT2D eigenvalue weighted by Gasteiger charge is 2.33. The highest BCUT2D eigenvalue weighted by Crippen LogP contribution is 2.39. The Balaban J connectivity index is 2.12. The second kappa shape index (κ2) is 2.63. The minimum atomic E-state index is 0.343. The molecule has 0 spiro atoms. The van der Waals surface area contributed by atoms with Crippen LogP contribution < -0.4 is 10.1 Å². The zero-order valence-corrected chi connectivity index (χ0v) is 7.84. The van der Waals surface area contributed by atoms with E-state index >= 15 is 0 Å². The minimum absolute atomic E-state index is 0.343. The summed E-state index contributed by atoms with van der Waals surface area (Å²) >= 11 is 5.89. The van der Waals surface area contributed by atoms with Crippen LogP contribution in [0, 0.1) is 0 Å². The predicted octanol–water partition coefficient (Wildman–Crippen LogP) is 2.14. The summed E-state index contributed by atoms with van der Waals surface area (Å²) in [5.74, 6) is 0.957. The van der Waals surface area contributed by atoms with Crippen molar-refractivity contribution < 1.29 is 4.74 Å². The second-order valence-electron chi connectivity index (χ2n) is 3.62. The van der Waals surface area contributed by atoms with E-state index in [1.165, 1.54) is 5.56 Å². The van der Waals surface area contributed by atoms with Crippen LogP contribution in [0.1, 0.15) is 18.0 Å². The van der Waals surface area contributed by atoms with Crippen LogP contribution in [0.2, 0.25) is 5.02 Å². The molecule has 3 rings (SSSR count). The van der Waals surface area contributed by atoms with Crippen molar-refractivity contribution in [3.63, 3.8) is 0 Å². The zero-order valence-electron chi connectivity index (χ0n) is 7.09. The van der Waals surface area contributed by atoms with E-state index in [9.17, 15) is 0 Å². The zero-order chi connectivity index (χ0) is 8.84. The Morgan fingerprint density at radius 1 is 1.46 bits per heavy atom. The van der Waals surface area contributed by atoms with Crippen molar-refractivity contribution in [2.75, 3.05) is 6.54 Å². The van der Waals surface area contributed by atoms with E-state index in [1.807, 2.05) is 12.1 Å². The van der Waals surface area contributed by atoms with Gasteiger partial charge in [-0.15, -0.1) is 0 Å². The SMILES string of the molecule is Clc1ccc2c(c1)OC1CNC2C1. The van der Waals surface area contributed by atoms with E-state index in [2.05, 4.69) is 11.4 Å². The number of nitrogens with one attached hydrogen (secondary N) is 1. The first-order chi connectivity index (χ1) is 6.33. The standard InChI is InChI=1S/C10H10ClNO/c11-6-1-2-8-9-4-7(5-12-9)13-10(8)3-6/h1-3,7,9,12H,4-5H2. The van der Waals surface area contributed by atoms with Crippen LogP contribution in [0.5, 0.6) is 5.75 Å². The van der Waals surface area contributed by atoms with Gasteiger partial charge in [-0.1, -0.05) is 17.7 Å². The van der Waals surface area contributed by atoms with E-state index in [-0.39, 0.29) is 0 Å². The van der Waals surface area contributed by atoms with Crippen molar-refractivity contribution in [2.45, 2.75) is 18.6 Å². The van der Waals surface area contributed by atoms with Gasteiger partial charge in [-0.3, -0.25) is 0 Å². The third kappa shape index (κ3) is 1.13. The Morgan fingerprint density at radius 2 is 2.38 bits per heavy atom. The first-order valence-electron chi connectivity index (χ1n) is 4.52. The first kappa shape index (κ1) is 7.65. The highest BCUT2D eigenvalue weighted by atomic mass is 35.5. The van der Waals surface area contributed by atoms with Crippen molar-refractivity contribution in [1.29, 1.82) is 0 Å².